The number of carbonyl (C=O) groups is 1. The number of rotatable bonds is 3. The molecule has 0 aliphatic carbocycles. The Morgan fingerprint density at radius 2 is 2.19 bits per heavy atom. The third kappa shape index (κ3) is 2.37. The molecule has 0 atom stereocenters. The number of carboxylic acid groups (broad SMARTS) is 1. The molecule has 0 bridgehead atoms. The van der Waals surface area contributed by atoms with E-state index in [1.165, 1.54) is 11.3 Å². The molecule has 0 fully saturated rings. The van der Waals surface area contributed by atoms with Gasteiger partial charge in [-0.1, -0.05) is 12.1 Å². The van der Waals surface area contributed by atoms with Crippen molar-refractivity contribution in [3.8, 4) is 11.3 Å². The summed E-state index contributed by atoms with van der Waals surface area (Å²) in [7, 11) is 0. The van der Waals surface area contributed by atoms with Gasteiger partial charge in [-0.2, -0.15) is 10.3 Å². The summed E-state index contributed by atoms with van der Waals surface area (Å²) >= 11 is 0. The van der Waals surface area contributed by atoms with Crippen molar-refractivity contribution in [2.24, 2.45) is 0 Å². The molecule has 6 heteroatoms. The quantitative estimate of drug-likeness (QED) is 0.905. The van der Waals surface area contributed by atoms with Crippen molar-refractivity contribution >= 4 is 11.7 Å². The second-order valence-corrected chi connectivity index (χ2v) is 5.56. The Labute approximate surface area is 122 Å². The van der Waals surface area contributed by atoms with Gasteiger partial charge in [0.15, 0.2) is 5.69 Å². The van der Waals surface area contributed by atoms with E-state index < -0.39 is 5.97 Å². The van der Waals surface area contributed by atoms with Crippen molar-refractivity contribution in [2.45, 2.75) is 32.7 Å². The molecule has 2 aromatic rings. The maximum atomic E-state index is 11.2. The van der Waals surface area contributed by atoms with Gasteiger partial charge in [0.1, 0.15) is 5.69 Å². The van der Waals surface area contributed by atoms with Crippen LogP contribution in [-0.4, -0.2) is 39.1 Å². The van der Waals surface area contributed by atoms with Crippen LogP contribution >= 0.6 is 0 Å². The third-order valence-electron chi connectivity index (χ3n) is 3.89. The molecule has 0 spiro atoms. The molecule has 2 N–H and O–H groups in total. The number of hydrogen-bond donors (Lipinski definition) is 2. The lowest BCUT2D eigenvalue weighted by atomic mass is 9.97. The average molecular weight is 286 g/mol. The molecule has 1 aliphatic rings. The number of aromatic nitrogens is 3. The number of nitrogens with one attached hydrogen (secondary N) is 1. The summed E-state index contributed by atoms with van der Waals surface area (Å²) in [5.74, 6) is -1.07. The van der Waals surface area contributed by atoms with Crippen LogP contribution in [0.4, 0.5) is 5.69 Å². The number of aromatic carboxylic acids is 1. The molecule has 0 amide bonds. The van der Waals surface area contributed by atoms with Crippen LogP contribution in [0.25, 0.3) is 11.3 Å². The van der Waals surface area contributed by atoms with Gasteiger partial charge >= 0.3 is 5.97 Å². The van der Waals surface area contributed by atoms with Crippen LogP contribution in [-0.2, 0) is 6.42 Å². The molecule has 1 aromatic carbocycles. The first-order valence-electron chi connectivity index (χ1n) is 7.12. The van der Waals surface area contributed by atoms with E-state index in [1.807, 2.05) is 12.1 Å². The van der Waals surface area contributed by atoms with Crippen LogP contribution in [0.15, 0.2) is 18.2 Å². The van der Waals surface area contributed by atoms with Crippen molar-refractivity contribution in [1.82, 2.24) is 15.4 Å². The normalized spacial score (nSPS) is 14.3. The molecule has 110 valence electrons. The van der Waals surface area contributed by atoms with Gasteiger partial charge in [-0.3, -0.25) is 0 Å². The fraction of sp³-hybridized carbons (Fsp3) is 0.400. The van der Waals surface area contributed by atoms with E-state index >= 15 is 0 Å². The highest BCUT2D eigenvalue weighted by Gasteiger charge is 2.22. The van der Waals surface area contributed by atoms with Gasteiger partial charge < -0.3 is 10.0 Å². The Kier molecular flexibility index (Phi) is 3.37. The Morgan fingerprint density at radius 3 is 2.90 bits per heavy atom. The van der Waals surface area contributed by atoms with Gasteiger partial charge in [0.05, 0.1) is 0 Å². The number of carboxylic acids is 1. The fourth-order valence-electron chi connectivity index (χ4n) is 2.87. The Hall–Kier alpha value is -2.37. The first-order valence-corrected chi connectivity index (χ1v) is 7.12. The zero-order valence-corrected chi connectivity index (χ0v) is 12.1. The van der Waals surface area contributed by atoms with E-state index in [0.29, 0.717) is 11.7 Å². The number of H-pyrrole nitrogens is 1. The zero-order valence-electron chi connectivity index (χ0n) is 12.1. The van der Waals surface area contributed by atoms with Gasteiger partial charge in [-0.25, -0.2) is 4.79 Å². The van der Waals surface area contributed by atoms with Crippen LogP contribution in [0, 0.1) is 0 Å². The largest absolute Gasteiger partial charge is 0.476 e. The summed E-state index contributed by atoms with van der Waals surface area (Å²) in [4.78, 5) is 13.5. The molecular weight excluding hydrogens is 268 g/mol. The molecule has 0 saturated carbocycles. The van der Waals surface area contributed by atoms with Gasteiger partial charge in [0, 0.05) is 23.8 Å². The predicted octanol–water partition coefficient (Wildman–Crippen LogP) is 2.33. The van der Waals surface area contributed by atoms with Crippen molar-refractivity contribution < 1.29 is 9.90 Å². The monoisotopic (exact) mass is 286 g/mol. The lowest BCUT2D eigenvalue weighted by molar-refractivity contribution is 0.0691. The topological polar surface area (TPSA) is 82.1 Å². The van der Waals surface area contributed by atoms with E-state index in [0.717, 1.165) is 24.9 Å². The highest BCUT2D eigenvalue weighted by molar-refractivity contribution is 5.92. The van der Waals surface area contributed by atoms with Crippen molar-refractivity contribution in [1.29, 1.82) is 0 Å². The molecule has 0 unspecified atom stereocenters. The molecular formula is C15H18N4O2. The van der Waals surface area contributed by atoms with Crippen molar-refractivity contribution in [2.75, 3.05) is 11.4 Å². The zero-order chi connectivity index (χ0) is 15.0. The third-order valence-corrected chi connectivity index (χ3v) is 3.89. The van der Waals surface area contributed by atoms with E-state index in [1.54, 1.807) is 0 Å². The number of fused-ring (bicyclic) bond motifs is 1. The summed E-state index contributed by atoms with van der Waals surface area (Å²) in [6, 6.07) is 6.43. The summed E-state index contributed by atoms with van der Waals surface area (Å²) < 4.78 is 0. The molecule has 0 saturated heterocycles. The molecule has 1 aromatic heterocycles. The molecule has 1 aliphatic heterocycles. The minimum Gasteiger partial charge on any atom is -0.476 e. The Balaban J connectivity index is 2.08. The SMILES string of the molecule is CC(C)N1CCCc2ccc(-c3n[nH]nc3C(=O)O)cc21. The fourth-order valence-corrected chi connectivity index (χ4v) is 2.87. The molecule has 21 heavy (non-hydrogen) atoms. The molecule has 0 radical (unpaired) electrons. The van der Waals surface area contributed by atoms with Crippen LogP contribution in [0.3, 0.4) is 0 Å². The van der Waals surface area contributed by atoms with Crippen LogP contribution in [0.2, 0.25) is 0 Å². The van der Waals surface area contributed by atoms with Crippen LogP contribution in [0.1, 0.15) is 36.3 Å². The minimum absolute atomic E-state index is 0.0399. The average Bonchev–Trinajstić information content (AvgIpc) is 2.95. The minimum atomic E-state index is -1.07. The highest BCUT2D eigenvalue weighted by atomic mass is 16.4. The summed E-state index contributed by atoms with van der Waals surface area (Å²) in [5, 5.41) is 19.3. The van der Waals surface area contributed by atoms with E-state index in [4.69, 9.17) is 5.11 Å². The van der Waals surface area contributed by atoms with Gasteiger partial charge in [0.25, 0.3) is 0 Å². The standard InChI is InChI=1S/C15H18N4O2/c1-9(2)19-7-3-4-10-5-6-11(8-12(10)19)13-14(15(20)21)17-18-16-13/h5-6,8-9H,3-4,7H2,1-2H3,(H,20,21)(H,16,17,18). The number of hydrogen-bond acceptors (Lipinski definition) is 4. The lowest BCUT2D eigenvalue weighted by Crippen LogP contribution is -2.35. The Bertz CT molecular complexity index is 678. The van der Waals surface area contributed by atoms with E-state index in [2.05, 4.69) is 40.2 Å². The second kappa shape index (κ2) is 5.20. The number of aromatic amines is 1. The molecule has 2 heterocycles. The first-order chi connectivity index (χ1) is 10.1. The summed E-state index contributed by atoms with van der Waals surface area (Å²) in [5.41, 5.74) is 3.61. The maximum absolute atomic E-state index is 11.2. The second-order valence-electron chi connectivity index (χ2n) is 5.56. The number of anilines is 1. The molecule has 6 nitrogen and oxygen atoms in total. The van der Waals surface area contributed by atoms with Crippen molar-refractivity contribution in [3.63, 3.8) is 0 Å². The van der Waals surface area contributed by atoms with Gasteiger partial charge in [0.2, 0.25) is 0 Å². The molecule has 3 rings (SSSR count). The number of benzene rings is 1. The highest BCUT2D eigenvalue weighted by Crippen LogP contribution is 2.33. The Morgan fingerprint density at radius 1 is 1.38 bits per heavy atom. The van der Waals surface area contributed by atoms with Gasteiger partial charge in [-0.15, -0.1) is 5.10 Å². The smallest absolute Gasteiger partial charge is 0.358 e. The maximum Gasteiger partial charge on any atom is 0.358 e. The first kappa shape index (κ1) is 13.6. The van der Waals surface area contributed by atoms with Crippen molar-refractivity contribution in [3.05, 3.63) is 29.5 Å². The summed E-state index contributed by atoms with van der Waals surface area (Å²) in [6.07, 6.45) is 2.21. The van der Waals surface area contributed by atoms with Crippen LogP contribution in [0.5, 0.6) is 0 Å². The number of nitrogens with zero attached hydrogens (tertiary/aromatic N) is 3. The van der Waals surface area contributed by atoms with E-state index in [-0.39, 0.29) is 5.69 Å². The predicted molar refractivity (Wildman–Crippen MR) is 79.6 cm³/mol. The van der Waals surface area contributed by atoms with E-state index in [9.17, 15) is 4.79 Å². The number of aryl methyl sites for hydroxylation is 1. The van der Waals surface area contributed by atoms with Crippen LogP contribution < -0.4 is 4.90 Å². The van der Waals surface area contributed by atoms with Gasteiger partial charge in [-0.05, 0) is 38.3 Å². The summed E-state index contributed by atoms with van der Waals surface area (Å²) in [6.45, 7) is 5.36. The lowest BCUT2D eigenvalue weighted by Gasteiger charge is -2.35.